The summed E-state index contributed by atoms with van der Waals surface area (Å²) >= 11 is 0. The molecule has 0 unspecified atom stereocenters. The predicted molar refractivity (Wildman–Crippen MR) is 113 cm³/mol. The van der Waals surface area contributed by atoms with Gasteiger partial charge in [-0.25, -0.2) is 12.8 Å². The Morgan fingerprint density at radius 2 is 1.66 bits per heavy atom. The number of morpholine rings is 1. The fourth-order valence-corrected chi connectivity index (χ4v) is 4.42. The highest BCUT2D eigenvalue weighted by Gasteiger charge is 2.28. The van der Waals surface area contributed by atoms with Crippen LogP contribution in [0.15, 0.2) is 47.4 Å². The monoisotopic (exact) mass is 465 g/mol. The van der Waals surface area contributed by atoms with Crippen LogP contribution in [0.2, 0.25) is 0 Å². The number of hydrogen-bond donors (Lipinski definition) is 2. The summed E-state index contributed by atoms with van der Waals surface area (Å²) < 4.78 is 51.6. The minimum Gasteiger partial charge on any atom is -0.491 e. The number of amides is 2. The first-order chi connectivity index (χ1) is 15.2. The Morgan fingerprint density at radius 1 is 1.03 bits per heavy atom. The fourth-order valence-electron chi connectivity index (χ4n) is 2.98. The van der Waals surface area contributed by atoms with E-state index in [2.05, 4.69) is 10.9 Å². The van der Waals surface area contributed by atoms with Gasteiger partial charge in [0.25, 0.3) is 11.8 Å². The molecule has 2 amide bonds. The van der Waals surface area contributed by atoms with Gasteiger partial charge in [-0.2, -0.15) is 4.31 Å². The minimum absolute atomic E-state index is 0.0216. The third-order valence-corrected chi connectivity index (χ3v) is 6.46. The molecule has 0 aromatic heterocycles. The molecule has 0 aliphatic carbocycles. The van der Waals surface area contributed by atoms with Crippen molar-refractivity contribution in [3.63, 3.8) is 0 Å². The molecular formula is C21H24FN3O6S. The molecule has 0 radical (unpaired) electrons. The van der Waals surface area contributed by atoms with E-state index in [1.54, 1.807) is 12.1 Å². The molecule has 2 aromatic carbocycles. The quantitative estimate of drug-likeness (QED) is 0.628. The maximum atomic E-state index is 14.2. The maximum absolute atomic E-state index is 14.2. The normalized spacial score (nSPS) is 14.8. The van der Waals surface area contributed by atoms with Gasteiger partial charge in [-0.1, -0.05) is 0 Å². The molecule has 1 fully saturated rings. The summed E-state index contributed by atoms with van der Waals surface area (Å²) in [5.74, 6) is -1.96. The number of halogens is 1. The van der Waals surface area contributed by atoms with Crippen LogP contribution in [0.5, 0.6) is 5.75 Å². The lowest BCUT2D eigenvalue weighted by Crippen LogP contribution is -2.42. The van der Waals surface area contributed by atoms with Crippen molar-refractivity contribution >= 4 is 21.8 Å². The topological polar surface area (TPSA) is 114 Å². The molecule has 9 nitrogen and oxygen atoms in total. The number of hydrazine groups is 1. The lowest BCUT2D eigenvalue weighted by Gasteiger charge is -2.26. The molecule has 1 saturated heterocycles. The van der Waals surface area contributed by atoms with E-state index in [-0.39, 0.29) is 42.9 Å². The summed E-state index contributed by atoms with van der Waals surface area (Å²) in [7, 11) is -3.91. The average molecular weight is 466 g/mol. The van der Waals surface area contributed by atoms with Crippen molar-refractivity contribution in [2.45, 2.75) is 24.8 Å². The second-order valence-electron chi connectivity index (χ2n) is 7.26. The van der Waals surface area contributed by atoms with Crippen LogP contribution in [-0.4, -0.2) is 56.9 Å². The van der Waals surface area contributed by atoms with Crippen LogP contribution in [0, 0.1) is 5.82 Å². The molecule has 0 spiro atoms. The van der Waals surface area contributed by atoms with Gasteiger partial charge in [0.15, 0.2) is 0 Å². The van der Waals surface area contributed by atoms with Gasteiger partial charge in [-0.05, 0) is 56.3 Å². The highest BCUT2D eigenvalue weighted by Crippen LogP contribution is 2.20. The van der Waals surface area contributed by atoms with Crippen LogP contribution in [-0.2, 0) is 14.8 Å². The average Bonchev–Trinajstić information content (AvgIpc) is 2.78. The van der Waals surface area contributed by atoms with Gasteiger partial charge in [-0.15, -0.1) is 0 Å². The molecule has 1 heterocycles. The summed E-state index contributed by atoms with van der Waals surface area (Å²) in [4.78, 5) is 24.5. The van der Waals surface area contributed by atoms with Crippen LogP contribution in [0.3, 0.4) is 0 Å². The van der Waals surface area contributed by atoms with E-state index in [1.165, 1.54) is 16.4 Å². The third kappa shape index (κ3) is 5.61. The SMILES string of the molecule is CC(C)Oc1ccc(C(=O)NNC(=O)c2cc(S(=O)(=O)N3CCOCC3)ccc2F)cc1. The summed E-state index contributed by atoms with van der Waals surface area (Å²) in [5.41, 5.74) is 4.02. The minimum atomic E-state index is -3.91. The van der Waals surface area contributed by atoms with Crippen LogP contribution in [0.4, 0.5) is 4.39 Å². The van der Waals surface area contributed by atoms with Crippen LogP contribution in [0.1, 0.15) is 34.6 Å². The largest absolute Gasteiger partial charge is 0.491 e. The second-order valence-corrected chi connectivity index (χ2v) is 9.20. The first-order valence-electron chi connectivity index (χ1n) is 9.93. The van der Waals surface area contributed by atoms with Gasteiger partial charge in [0.05, 0.1) is 29.8 Å². The Hall–Kier alpha value is -3.02. The highest BCUT2D eigenvalue weighted by molar-refractivity contribution is 7.89. The molecule has 1 aliphatic heterocycles. The number of nitrogens with zero attached hydrogens (tertiary/aromatic N) is 1. The number of carbonyl (C=O) groups excluding carboxylic acids is 2. The van der Waals surface area contributed by atoms with Crippen LogP contribution < -0.4 is 15.6 Å². The summed E-state index contributed by atoms with van der Waals surface area (Å²) in [6, 6.07) is 9.17. The molecule has 1 aliphatic rings. The Bertz CT molecular complexity index is 1080. The molecule has 0 atom stereocenters. The molecule has 0 saturated carbocycles. The van der Waals surface area contributed by atoms with Crippen molar-refractivity contribution in [2.75, 3.05) is 26.3 Å². The lowest BCUT2D eigenvalue weighted by molar-refractivity contribution is 0.0730. The van der Waals surface area contributed by atoms with Crippen LogP contribution >= 0.6 is 0 Å². The summed E-state index contributed by atoms with van der Waals surface area (Å²) in [6.45, 7) is 4.58. The number of sulfonamides is 1. The van der Waals surface area contributed by atoms with E-state index in [4.69, 9.17) is 9.47 Å². The highest BCUT2D eigenvalue weighted by atomic mass is 32.2. The third-order valence-electron chi connectivity index (χ3n) is 4.57. The molecule has 172 valence electrons. The number of benzene rings is 2. The van der Waals surface area contributed by atoms with Crippen molar-refractivity contribution < 1.29 is 31.9 Å². The van der Waals surface area contributed by atoms with Crippen molar-refractivity contribution in [1.82, 2.24) is 15.2 Å². The van der Waals surface area contributed by atoms with E-state index in [0.717, 1.165) is 18.2 Å². The molecular weight excluding hydrogens is 441 g/mol. The fraction of sp³-hybridized carbons (Fsp3) is 0.333. The van der Waals surface area contributed by atoms with E-state index < -0.39 is 33.2 Å². The summed E-state index contributed by atoms with van der Waals surface area (Å²) in [5, 5.41) is 0. The van der Waals surface area contributed by atoms with E-state index in [0.29, 0.717) is 5.75 Å². The maximum Gasteiger partial charge on any atom is 0.272 e. The zero-order valence-electron chi connectivity index (χ0n) is 17.6. The van der Waals surface area contributed by atoms with Gasteiger partial charge in [0, 0.05) is 18.7 Å². The van der Waals surface area contributed by atoms with E-state index in [9.17, 15) is 22.4 Å². The second kappa shape index (κ2) is 10.1. The first-order valence-corrected chi connectivity index (χ1v) is 11.4. The molecule has 2 aromatic rings. The van der Waals surface area contributed by atoms with Gasteiger partial charge in [-0.3, -0.25) is 20.4 Å². The van der Waals surface area contributed by atoms with E-state index >= 15 is 0 Å². The van der Waals surface area contributed by atoms with Gasteiger partial charge in [0.1, 0.15) is 11.6 Å². The number of nitrogens with one attached hydrogen (secondary N) is 2. The number of rotatable bonds is 6. The zero-order chi connectivity index (χ0) is 23.3. The molecule has 11 heteroatoms. The zero-order valence-corrected chi connectivity index (χ0v) is 18.4. The molecule has 3 rings (SSSR count). The number of hydrogen-bond acceptors (Lipinski definition) is 6. The number of ether oxygens (including phenoxy) is 2. The van der Waals surface area contributed by atoms with Crippen molar-refractivity contribution in [3.05, 3.63) is 59.4 Å². The summed E-state index contributed by atoms with van der Waals surface area (Å²) in [6.07, 6.45) is -0.0216. The lowest BCUT2D eigenvalue weighted by atomic mass is 10.2. The standard InChI is InChI=1S/C21H24FN3O6S/c1-14(2)31-16-5-3-15(4-6-16)20(26)23-24-21(27)18-13-17(7-8-19(18)22)32(28,29)25-9-11-30-12-10-25/h3-8,13-14H,9-12H2,1-2H3,(H,23,26)(H,24,27). The Labute approximate surface area is 185 Å². The van der Waals surface area contributed by atoms with Crippen LogP contribution in [0.25, 0.3) is 0 Å². The number of carbonyl (C=O) groups is 2. The molecule has 32 heavy (non-hydrogen) atoms. The van der Waals surface area contributed by atoms with Crippen molar-refractivity contribution in [3.8, 4) is 5.75 Å². The van der Waals surface area contributed by atoms with Crippen molar-refractivity contribution in [1.29, 1.82) is 0 Å². The first kappa shape index (κ1) is 23.6. The Balaban J connectivity index is 1.68. The Kier molecular flexibility index (Phi) is 7.44. The molecule has 0 bridgehead atoms. The Morgan fingerprint density at radius 3 is 2.28 bits per heavy atom. The smallest absolute Gasteiger partial charge is 0.272 e. The molecule has 2 N–H and O–H groups in total. The van der Waals surface area contributed by atoms with Gasteiger partial charge in [0.2, 0.25) is 10.0 Å². The van der Waals surface area contributed by atoms with Crippen molar-refractivity contribution in [2.24, 2.45) is 0 Å². The van der Waals surface area contributed by atoms with Gasteiger partial charge < -0.3 is 9.47 Å². The predicted octanol–water partition coefficient (Wildman–Crippen LogP) is 1.71. The van der Waals surface area contributed by atoms with E-state index in [1.807, 2.05) is 13.8 Å². The van der Waals surface area contributed by atoms with Gasteiger partial charge >= 0.3 is 0 Å².